The van der Waals surface area contributed by atoms with E-state index in [2.05, 4.69) is 14.8 Å². The maximum absolute atomic E-state index is 13.2. The zero-order valence-electron chi connectivity index (χ0n) is 16.2. The minimum absolute atomic E-state index is 0.0898. The van der Waals surface area contributed by atoms with Crippen molar-refractivity contribution in [2.24, 2.45) is 0 Å². The Morgan fingerprint density at radius 2 is 2.03 bits per heavy atom. The number of thioether (sulfide) groups is 1. The smallest absolute Gasteiger partial charge is 0.284 e. The molecule has 0 atom stereocenters. The van der Waals surface area contributed by atoms with Crippen molar-refractivity contribution < 1.29 is 4.52 Å². The maximum atomic E-state index is 13.2. The number of aryl methyl sites for hydroxylation is 1. The molecule has 4 heterocycles. The highest BCUT2D eigenvalue weighted by atomic mass is 32.2. The Bertz CT molecular complexity index is 1180. The lowest BCUT2D eigenvalue weighted by molar-refractivity contribution is 0.393. The Balaban J connectivity index is 1.63. The van der Waals surface area contributed by atoms with Gasteiger partial charge in [0.15, 0.2) is 11.0 Å². The van der Waals surface area contributed by atoms with E-state index in [-0.39, 0.29) is 5.56 Å². The van der Waals surface area contributed by atoms with Crippen LogP contribution in [0.3, 0.4) is 0 Å². The Kier molecular flexibility index (Phi) is 4.71. The second kappa shape index (κ2) is 7.51. The van der Waals surface area contributed by atoms with E-state index in [1.807, 2.05) is 43.3 Å². The highest BCUT2D eigenvalue weighted by Gasteiger charge is 2.27. The van der Waals surface area contributed by atoms with Crippen LogP contribution >= 0.6 is 11.8 Å². The molecule has 2 aromatic rings. The first-order chi connectivity index (χ1) is 14.2. The third-order valence-electron chi connectivity index (χ3n) is 5.19. The minimum Gasteiger partial charge on any atom is -0.361 e. The van der Waals surface area contributed by atoms with E-state index in [1.165, 1.54) is 4.68 Å². The molecule has 0 radical (unpaired) electrons. The van der Waals surface area contributed by atoms with Gasteiger partial charge in [-0.1, -0.05) is 41.5 Å². The number of para-hydroxylation sites is 1. The fourth-order valence-corrected chi connectivity index (χ4v) is 4.75. The summed E-state index contributed by atoms with van der Waals surface area (Å²) in [5.41, 5.74) is 3.26. The molecule has 29 heavy (non-hydrogen) atoms. The molecule has 3 aliphatic heterocycles. The topological polar surface area (TPSA) is 78.7 Å². The third-order valence-corrected chi connectivity index (χ3v) is 6.20. The second-order valence-corrected chi connectivity index (χ2v) is 8.21. The van der Waals surface area contributed by atoms with Gasteiger partial charge in [-0.2, -0.15) is 4.68 Å². The summed E-state index contributed by atoms with van der Waals surface area (Å²) in [6.45, 7) is 2.76. The summed E-state index contributed by atoms with van der Waals surface area (Å²) in [6.07, 6.45) is 4.17. The van der Waals surface area contributed by atoms with Gasteiger partial charge < -0.3 is 9.09 Å². The summed E-state index contributed by atoms with van der Waals surface area (Å²) in [7, 11) is 0. The Morgan fingerprint density at radius 1 is 1.17 bits per heavy atom. The number of aromatic nitrogens is 5. The summed E-state index contributed by atoms with van der Waals surface area (Å²) in [5.74, 6) is 1.98. The van der Waals surface area contributed by atoms with Crippen LogP contribution in [-0.4, -0.2) is 24.5 Å². The quantitative estimate of drug-likeness (QED) is 0.378. The first-order valence-corrected chi connectivity index (χ1v) is 10.8. The fourth-order valence-electron chi connectivity index (χ4n) is 3.83. The highest BCUT2D eigenvalue weighted by molar-refractivity contribution is 7.98. The van der Waals surface area contributed by atoms with Crippen molar-refractivity contribution in [3.63, 3.8) is 0 Å². The van der Waals surface area contributed by atoms with Crippen LogP contribution in [-0.2, 0) is 18.7 Å². The monoisotopic (exact) mass is 407 g/mol. The fraction of sp³-hybridized carbons (Fsp3) is 0.333. The Labute approximate surface area is 172 Å². The third kappa shape index (κ3) is 3.37. The van der Waals surface area contributed by atoms with Crippen LogP contribution in [0.5, 0.6) is 0 Å². The lowest BCUT2D eigenvalue weighted by atomic mass is 10.1. The largest absolute Gasteiger partial charge is 0.361 e. The predicted octanol–water partition coefficient (Wildman–Crippen LogP) is 3.85. The lowest BCUT2D eigenvalue weighted by Gasteiger charge is -2.17. The number of benzene rings is 1. The van der Waals surface area contributed by atoms with Gasteiger partial charge in [-0.15, -0.1) is 5.10 Å². The van der Waals surface area contributed by atoms with Crippen molar-refractivity contribution in [1.29, 1.82) is 0 Å². The van der Waals surface area contributed by atoms with Crippen LogP contribution in [0.2, 0.25) is 0 Å². The molecule has 0 saturated carbocycles. The van der Waals surface area contributed by atoms with Crippen LogP contribution in [0.1, 0.15) is 36.4 Å². The van der Waals surface area contributed by atoms with E-state index in [9.17, 15) is 4.79 Å². The molecule has 0 aliphatic carbocycles. The van der Waals surface area contributed by atoms with E-state index in [0.29, 0.717) is 17.1 Å². The van der Waals surface area contributed by atoms with Gasteiger partial charge in [0.1, 0.15) is 11.3 Å². The zero-order valence-corrected chi connectivity index (χ0v) is 17.0. The van der Waals surface area contributed by atoms with Crippen LogP contribution < -0.4 is 5.56 Å². The predicted molar refractivity (Wildman–Crippen MR) is 111 cm³/mol. The number of rotatable bonds is 4. The van der Waals surface area contributed by atoms with E-state index in [0.717, 1.165) is 60.2 Å². The molecule has 5 rings (SSSR count). The van der Waals surface area contributed by atoms with Gasteiger partial charge in [-0.3, -0.25) is 4.79 Å². The molecule has 0 N–H and O–H groups in total. The summed E-state index contributed by atoms with van der Waals surface area (Å²) < 4.78 is 8.86. The van der Waals surface area contributed by atoms with Crippen LogP contribution in [0.15, 0.2) is 50.9 Å². The van der Waals surface area contributed by atoms with Gasteiger partial charge in [0.25, 0.3) is 5.56 Å². The van der Waals surface area contributed by atoms with Gasteiger partial charge in [-0.05, 0) is 38.3 Å². The molecule has 1 aromatic heterocycles. The highest BCUT2D eigenvalue weighted by Crippen LogP contribution is 2.31. The molecule has 0 spiro atoms. The van der Waals surface area contributed by atoms with E-state index in [1.54, 1.807) is 11.8 Å². The number of fused-ring (bicyclic) bond motifs is 3. The number of hydrogen-bond acceptors (Lipinski definition) is 6. The van der Waals surface area contributed by atoms with Gasteiger partial charge in [0.05, 0.1) is 11.4 Å². The van der Waals surface area contributed by atoms with Crippen molar-refractivity contribution in [2.75, 3.05) is 0 Å². The minimum atomic E-state index is -0.0898. The van der Waals surface area contributed by atoms with Crippen molar-refractivity contribution in [3.8, 4) is 17.1 Å². The average Bonchev–Trinajstić information content (AvgIpc) is 3.20. The van der Waals surface area contributed by atoms with Crippen molar-refractivity contribution >= 4 is 11.8 Å². The van der Waals surface area contributed by atoms with Gasteiger partial charge >= 0.3 is 0 Å². The second-order valence-electron chi connectivity index (χ2n) is 7.27. The number of nitrogens with zero attached hydrogens (tertiary/aromatic N) is 5. The molecule has 7 nitrogen and oxygen atoms in total. The number of hydrogen-bond donors (Lipinski definition) is 0. The molecular weight excluding hydrogens is 386 g/mol. The molecule has 1 aromatic carbocycles. The molecule has 0 bridgehead atoms. The summed E-state index contributed by atoms with van der Waals surface area (Å²) >= 11 is 1.61. The summed E-state index contributed by atoms with van der Waals surface area (Å²) in [5, 5.41) is 9.53. The van der Waals surface area contributed by atoms with Crippen LogP contribution in [0.4, 0.5) is 0 Å². The van der Waals surface area contributed by atoms with E-state index < -0.39 is 0 Å². The molecule has 0 fully saturated rings. The van der Waals surface area contributed by atoms with E-state index in [4.69, 9.17) is 9.51 Å². The van der Waals surface area contributed by atoms with Crippen LogP contribution in [0, 0.1) is 6.92 Å². The lowest BCUT2D eigenvalue weighted by Crippen LogP contribution is -2.19. The molecule has 0 amide bonds. The van der Waals surface area contributed by atoms with Crippen molar-refractivity contribution in [3.05, 3.63) is 63.9 Å². The molecule has 8 heteroatoms. The van der Waals surface area contributed by atoms with E-state index >= 15 is 0 Å². The Morgan fingerprint density at radius 3 is 2.83 bits per heavy atom. The van der Waals surface area contributed by atoms with Gasteiger partial charge in [0, 0.05) is 24.1 Å². The summed E-state index contributed by atoms with van der Waals surface area (Å²) in [6, 6.07) is 11.5. The van der Waals surface area contributed by atoms with Gasteiger partial charge in [0.2, 0.25) is 0 Å². The van der Waals surface area contributed by atoms with Crippen molar-refractivity contribution in [1.82, 2.24) is 24.5 Å². The summed E-state index contributed by atoms with van der Waals surface area (Å²) in [4.78, 5) is 18.0. The average molecular weight is 407 g/mol. The first kappa shape index (κ1) is 18.2. The normalized spacial score (nSPS) is 14.1. The molecule has 148 valence electrons. The standard InChI is InChI=1S/C21H21N5O2S/c1-14-12-15(24-28-14)13-29-21-22-19-18(17-10-6-3-7-11-25(17)21)20(27)26(23-19)16-8-4-2-5-9-16/h2,4-5,8-9,12H,3,6-7,10-11,13H2,1H3. The first-order valence-electron chi connectivity index (χ1n) is 9.83. The molecular formula is C21H21N5O2S. The van der Waals surface area contributed by atoms with Gasteiger partial charge in [-0.25, -0.2) is 4.98 Å². The van der Waals surface area contributed by atoms with Crippen molar-refractivity contribution in [2.45, 2.75) is 50.1 Å². The maximum Gasteiger partial charge on any atom is 0.284 e. The molecule has 0 unspecified atom stereocenters. The molecule has 0 saturated heterocycles. The zero-order chi connectivity index (χ0) is 19.8. The Hall–Kier alpha value is -2.87. The SMILES string of the molecule is Cc1cc(CSc2nc3nn(-c4ccccc4)c(=O)c-3c3n2CCCCC3)no1. The van der Waals surface area contributed by atoms with Crippen LogP contribution in [0.25, 0.3) is 17.1 Å². The molecule has 3 aliphatic rings.